The molecular weight excluding hydrogens is 208 g/mol. The zero-order valence-corrected chi connectivity index (χ0v) is 12.0. The summed E-state index contributed by atoms with van der Waals surface area (Å²) in [4.78, 5) is 0. The van der Waals surface area contributed by atoms with Crippen LogP contribution in [0.1, 0.15) is 46.1 Å². The molecule has 0 radical (unpaired) electrons. The van der Waals surface area contributed by atoms with Crippen molar-refractivity contribution in [3.05, 3.63) is 35.9 Å². The van der Waals surface area contributed by atoms with Crippen LogP contribution in [-0.2, 0) is 4.74 Å². The van der Waals surface area contributed by atoms with Gasteiger partial charge < -0.3 is 4.74 Å². The second-order valence-corrected chi connectivity index (χ2v) is 6.03. The second-order valence-electron chi connectivity index (χ2n) is 6.03. The summed E-state index contributed by atoms with van der Waals surface area (Å²) in [7, 11) is 1.81. The Bertz CT molecular complexity index is 323. The molecule has 0 aliphatic rings. The van der Waals surface area contributed by atoms with Crippen molar-refractivity contribution in [2.45, 2.75) is 46.6 Å². The fourth-order valence-electron chi connectivity index (χ4n) is 2.97. The molecule has 0 bridgehead atoms. The van der Waals surface area contributed by atoms with Gasteiger partial charge in [0.25, 0.3) is 0 Å². The molecule has 1 aromatic rings. The molecule has 1 nitrogen and oxygen atoms in total. The molecule has 0 aliphatic heterocycles. The molecular formula is C16H26O. The van der Waals surface area contributed by atoms with Crippen LogP contribution in [0.5, 0.6) is 0 Å². The van der Waals surface area contributed by atoms with Gasteiger partial charge in [0.15, 0.2) is 0 Å². The quantitative estimate of drug-likeness (QED) is 0.746. The smallest absolute Gasteiger partial charge is 0.0582 e. The molecule has 0 amide bonds. The molecule has 0 heterocycles. The Hall–Kier alpha value is -0.820. The number of rotatable bonds is 4. The standard InChI is InChI=1S/C16H26O/c1-12(14-10-8-7-9-11-14)15(13(2)17-6)16(3,4)5/h7-13,15H,1-6H3/t12-,13-,15-/m0/s1. The zero-order chi connectivity index (χ0) is 13.1. The fraction of sp³-hybridized carbons (Fsp3) is 0.625. The summed E-state index contributed by atoms with van der Waals surface area (Å²) >= 11 is 0. The monoisotopic (exact) mass is 234 g/mol. The largest absolute Gasteiger partial charge is 0.381 e. The third-order valence-electron chi connectivity index (χ3n) is 3.74. The molecule has 0 fully saturated rings. The number of methoxy groups -OCH3 is 1. The average molecular weight is 234 g/mol. The highest BCUT2D eigenvalue weighted by Crippen LogP contribution is 2.40. The van der Waals surface area contributed by atoms with Gasteiger partial charge in [-0.25, -0.2) is 0 Å². The van der Waals surface area contributed by atoms with Gasteiger partial charge in [0, 0.05) is 7.11 Å². The number of benzene rings is 1. The van der Waals surface area contributed by atoms with Crippen molar-refractivity contribution in [1.82, 2.24) is 0 Å². The van der Waals surface area contributed by atoms with E-state index in [1.807, 2.05) is 0 Å². The molecule has 1 rings (SSSR count). The first-order chi connectivity index (χ1) is 7.88. The lowest BCUT2D eigenvalue weighted by molar-refractivity contribution is 0.00577. The van der Waals surface area contributed by atoms with Crippen LogP contribution in [0.3, 0.4) is 0 Å². The molecule has 0 unspecified atom stereocenters. The maximum absolute atomic E-state index is 5.58. The van der Waals surface area contributed by atoms with Crippen molar-refractivity contribution in [2.24, 2.45) is 11.3 Å². The first kappa shape index (κ1) is 14.2. The van der Waals surface area contributed by atoms with Gasteiger partial charge in [-0.15, -0.1) is 0 Å². The van der Waals surface area contributed by atoms with E-state index in [0.717, 1.165) is 0 Å². The minimum absolute atomic E-state index is 0.241. The van der Waals surface area contributed by atoms with E-state index in [9.17, 15) is 0 Å². The molecule has 1 aromatic carbocycles. The van der Waals surface area contributed by atoms with Gasteiger partial charge in [-0.2, -0.15) is 0 Å². The van der Waals surface area contributed by atoms with E-state index in [1.165, 1.54) is 5.56 Å². The summed E-state index contributed by atoms with van der Waals surface area (Å²) in [6.45, 7) is 11.4. The summed E-state index contributed by atoms with van der Waals surface area (Å²) < 4.78 is 5.58. The Morgan fingerprint density at radius 1 is 1.00 bits per heavy atom. The molecule has 0 N–H and O–H groups in total. The Morgan fingerprint density at radius 3 is 1.94 bits per heavy atom. The molecule has 0 aromatic heterocycles. The first-order valence-corrected chi connectivity index (χ1v) is 6.45. The molecule has 96 valence electrons. The topological polar surface area (TPSA) is 9.23 Å². The average Bonchev–Trinajstić information content (AvgIpc) is 2.28. The summed E-state index contributed by atoms with van der Waals surface area (Å²) in [6.07, 6.45) is 0.269. The predicted molar refractivity (Wildman–Crippen MR) is 74.3 cm³/mol. The van der Waals surface area contributed by atoms with E-state index >= 15 is 0 Å². The van der Waals surface area contributed by atoms with Crippen LogP contribution >= 0.6 is 0 Å². The summed E-state index contributed by atoms with van der Waals surface area (Å²) in [5, 5.41) is 0. The SMILES string of the molecule is CO[C@@H](C)[C@H]([C@@H](C)c1ccccc1)C(C)(C)C. The van der Waals surface area contributed by atoms with Crippen LogP contribution in [0.4, 0.5) is 0 Å². The highest BCUT2D eigenvalue weighted by Gasteiger charge is 2.34. The van der Waals surface area contributed by atoms with Gasteiger partial charge in [-0.1, -0.05) is 58.0 Å². The second kappa shape index (κ2) is 5.68. The molecule has 0 saturated heterocycles. The highest BCUT2D eigenvalue weighted by atomic mass is 16.5. The minimum Gasteiger partial charge on any atom is -0.381 e. The van der Waals surface area contributed by atoms with Crippen molar-refractivity contribution in [2.75, 3.05) is 7.11 Å². The minimum atomic E-state index is 0.241. The number of hydrogen-bond donors (Lipinski definition) is 0. The highest BCUT2D eigenvalue weighted by molar-refractivity contribution is 5.20. The van der Waals surface area contributed by atoms with E-state index < -0.39 is 0 Å². The van der Waals surface area contributed by atoms with Crippen molar-refractivity contribution in [3.63, 3.8) is 0 Å². The molecule has 0 saturated carbocycles. The van der Waals surface area contributed by atoms with Gasteiger partial charge in [0.2, 0.25) is 0 Å². The van der Waals surface area contributed by atoms with Gasteiger partial charge >= 0.3 is 0 Å². The van der Waals surface area contributed by atoms with Crippen LogP contribution < -0.4 is 0 Å². The Kier molecular flexibility index (Phi) is 4.76. The van der Waals surface area contributed by atoms with Crippen molar-refractivity contribution in [3.8, 4) is 0 Å². The van der Waals surface area contributed by atoms with Crippen LogP contribution in [-0.4, -0.2) is 13.2 Å². The lowest BCUT2D eigenvalue weighted by Gasteiger charge is -2.39. The van der Waals surface area contributed by atoms with Crippen LogP contribution in [0, 0.1) is 11.3 Å². The van der Waals surface area contributed by atoms with Crippen molar-refractivity contribution < 1.29 is 4.74 Å². The number of hydrogen-bond acceptors (Lipinski definition) is 1. The van der Waals surface area contributed by atoms with Crippen molar-refractivity contribution in [1.29, 1.82) is 0 Å². The summed E-state index contributed by atoms with van der Waals surface area (Å²) in [5.74, 6) is 1.01. The van der Waals surface area contributed by atoms with Gasteiger partial charge in [0.05, 0.1) is 6.10 Å². The van der Waals surface area contributed by atoms with E-state index in [0.29, 0.717) is 11.8 Å². The van der Waals surface area contributed by atoms with E-state index in [4.69, 9.17) is 4.74 Å². The molecule has 0 spiro atoms. The van der Waals surface area contributed by atoms with Gasteiger partial charge in [-0.05, 0) is 29.7 Å². The lowest BCUT2D eigenvalue weighted by atomic mass is 9.69. The maximum Gasteiger partial charge on any atom is 0.0582 e. The van der Waals surface area contributed by atoms with Gasteiger partial charge in [0.1, 0.15) is 0 Å². The Balaban J connectivity index is 2.99. The summed E-state index contributed by atoms with van der Waals surface area (Å²) in [5.41, 5.74) is 1.64. The third-order valence-corrected chi connectivity index (χ3v) is 3.74. The van der Waals surface area contributed by atoms with E-state index in [-0.39, 0.29) is 11.5 Å². The normalized spacial score (nSPS) is 17.5. The lowest BCUT2D eigenvalue weighted by Crippen LogP contribution is -2.35. The first-order valence-electron chi connectivity index (χ1n) is 6.45. The maximum atomic E-state index is 5.58. The third kappa shape index (κ3) is 3.57. The molecule has 0 aliphatic carbocycles. The number of ether oxygens (including phenoxy) is 1. The predicted octanol–water partition coefficient (Wildman–Crippen LogP) is 4.49. The van der Waals surface area contributed by atoms with Crippen LogP contribution in [0.15, 0.2) is 30.3 Å². The molecule has 17 heavy (non-hydrogen) atoms. The van der Waals surface area contributed by atoms with Crippen LogP contribution in [0.2, 0.25) is 0 Å². The van der Waals surface area contributed by atoms with E-state index in [1.54, 1.807) is 7.11 Å². The van der Waals surface area contributed by atoms with Crippen molar-refractivity contribution >= 4 is 0 Å². The molecule has 1 heteroatoms. The van der Waals surface area contributed by atoms with Gasteiger partial charge in [-0.3, -0.25) is 0 Å². The Morgan fingerprint density at radius 2 is 1.53 bits per heavy atom. The Labute approximate surface area is 106 Å². The van der Waals surface area contributed by atoms with Crippen LogP contribution in [0.25, 0.3) is 0 Å². The summed E-state index contributed by atoms with van der Waals surface area (Å²) in [6, 6.07) is 10.7. The zero-order valence-electron chi connectivity index (χ0n) is 12.0. The molecule has 3 atom stereocenters. The van der Waals surface area contributed by atoms with E-state index in [2.05, 4.69) is 65.0 Å². The fourth-order valence-corrected chi connectivity index (χ4v) is 2.97.